The highest BCUT2D eigenvalue weighted by molar-refractivity contribution is 5.04. The van der Waals surface area contributed by atoms with Crippen LogP contribution >= 0.6 is 0 Å². The molecule has 0 aromatic carbocycles. The normalized spacial score (nSPS) is 48.4. The summed E-state index contributed by atoms with van der Waals surface area (Å²) in [6, 6.07) is 0. The first-order valence-corrected chi connectivity index (χ1v) is 7.46. The third-order valence-corrected chi connectivity index (χ3v) is 5.85. The minimum Gasteiger partial charge on any atom is -0.396 e. The SMILES string of the molecule is OCCC1CC2CC3(CC(CCO)C3)CC2C1. The summed E-state index contributed by atoms with van der Waals surface area (Å²) in [5, 5.41) is 18.0. The molecule has 2 atom stereocenters. The Bertz CT molecular complexity index is 254. The molecule has 98 valence electrons. The average molecular weight is 238 g/mol. The number of aliphatic hydroxyl groups excluding tert-OH is 2. The van der Waals surface area contributed by atoms with Gasteiger partial charge in [-0.1, -0.05) is 0 Å². The minimum atomic E-state index is 0.381. The van der Waals surface area contributed by atoms with E-state index in [2.05, 4.69) is 0 Å². The average Bonchev–Trinajstić information content (AvgIpc) is 2.72. The quantitative estimate of drug-likeness (QED) is 0.790. The number of hydrogen-bond donors (Lipinski definition) is 2. The van der Waals surface area contributed by atoms with E-state index >= 15 is 0 Å². The molecule has 1 spiro atoms. The van der Waals surface area contributed by atoms with E-state index in [9.17, 15) is 0 Å². The number of hydrogen-bond acceptors (Lipinski definition) is 2. The molecule has 3 saturated carbocycles. The van der Waals surface area contributed by atoms with Crippen LogP contribution in [0.15, 0.2) is 0 Å². The molecule has 0 saturated heterocycles. The molecular formula is C15H26O2. The van der Waals surface area contributed by atoms with Gasteiger partial charge in [-0.2, -0.15) is 0 Å². The molecule has 2 unspecified atom stereocenters. The summed E-state index contributed by atoms with van der Waals surface area (Å²) >= 11 is 0. The van der Waals surface area contributed by atoms with Gasteiger partial charge in [0.25, 0.3) is 0 Å². The largest absolute Gasteiger partial charge is 0.396 e. The fraction of sp³-hybridized carbons (Fsp3) is 1.00. The van der Waals surface area contributed by atoms with Crippen molar-refractivity contribution in [3.8, 4) is 0 Å². The van der Waals surface area contributed by atoms with E-state index in [0.29, 0.717) is 18.6 Å². The van der Waals surface area contributed by atoms with Crippen molar-refractivity contribution in [1.82, 2.24) is 0 Å². The third kappa shape index (κ3) is 2.15. The third-order valence-electron chi connectivity index (χ3n) is 5.85. The van der Waals surface area contributed by atoms with Gasteiger partial charge in [0, 0.05) is 13.2 Å². The lowest BCUT2D eigenvalue weighted by molar-refractivity contribution is 0.0345. The maximum Gasteiger partial charge on any atom is 0.0433 e. The fourth-order valence-electron chi connectivity index (χ4n) is 5.34. The zero-order valence-electron chi connectivity index (χ0n) is 10.8. The summed E-state index contributed by atoms with van der Waals surface area (Å²) in [5.74, 6) is 3.59. The van der Waals surface area contributed by atoms with Crippen LogP contribution in [-0.2, 0) is 0 Å². The smallest absolute Gasteiger partial charge is 0.0433 e. The molecule has 0 radical (unpaired) electrons. The van der Waals surface area contributed by atoms with Gasteiger partial charge in [0.15, 0.2) is 0 Å². The highest BCUT2D eigenvalue weighted by atomic mass is 16.3. The first-order valence-electron chi connectivity index (χ1n) is 7.46. The lowest BCUT2D eigenvalue weighted by atomic mass is 9.59. The molecule has 3 aliphatic carbocycles. The topological polar surface area (TPSA) is 40.5 Å². The van der Waals surface area contributed by atoms with Crippen LogP contribution in [0.2, 0.25) is 0 Å². The van der Waals surface area contributed by atoms with E-state index in [1.807, 2.05) is 0 Å². The van der Waals surface area contributed by atoms with Crippen LogP contribution in [0.25, 0.3) is 0 Å². The number of rotatable bonds is 4. The van der Waals surface area contributed by atoms with Crippen LogP contribution in [0, 0.1) is 29.1 Å². The maximum atomic E-state index is 9.02. The van der Waals surface area contributed by atoms with E-state index in [1.54, 1.807) is 0 Å². The second-order valence-corrected chi connectivity index (χ2v) is 7.06. The van der Waals surface area contributed by atoms with Crippen molar-refractivity contribution in [1.29, 1.82) is 0 Å². The number of aliphatic hydroxyl groups is 2. The van der Waals surface area contributed by atoms with Crippen molar-refractivity contribution in [2.45, 2.75) is 51.4 Å². The molecule has 3 aliphatic rings. The first-order chi connectivity index (χ1) is 8.24. The summed E-state index contributed by atoms with van der Waals surface area (Å²) in [7, 11) is 0. The summed E-state index contributed by atoms with van der Waals surface area (Å²) in [6.07, 6.45) is 10.5. The van der Waals surface area contributed by atoms with Crippen molar-refractivity contribution < 1.29 is 10.2 Å². The number of fused-ring (bicyclic) bond motifs is 1. The monoisotopic (exact) mass is 238 g/mol. The van der Waals surface area contributed by atoms with Crippen molar-refractivity contribution in [2.75, 3.05) is 13.2 Å². The second-order valence-electron chi connectivity index (χ2n) is 7.06. The Hall–Kier alpha value is -0.0800. The summed E-state index contributed by atoms with van der Waals surface area (Å²) in [5.41, 5.74) is 0.694. The van der Waals surface area contributed by atoms with Crippen LogP contribution in [0.5, 0.6) is 0 Å². The Kier molecular flexibility index (Phi) is 3.20. The van der Waals surface area contributed by atoms with Crippen LogP contribution in [0.1, 0.15) is 51.4 Å². The molecule has 0 aliphatic heterocycles. The lowest BCUT2D eigenvalue weighted by Gasteiger charge is -2.46. The van der Waals surface area contributed by atoms with Gasteiger partial charge >= 0.3 is 0 Å². The lowest BCUT2D eigenvalue weighted by Crippen LogP contribution is -2.36. The van der Waals surface area contributed by atoms with Crippen molar-refractivity contribution in [2.24, 2.45) is 29.1 Å². The van der Waals surface area contributed by atoms with Crippen LogP contribution in [-0.4, -0.2) is 23.4 Å². The van der Waals surface area contributed by atoms with Gasteiger partial charge < -0.3 is 10.2 Å². The standard InChI is InChI=1S/C15H26O2/c16-3-1-11-5-13-9-15(10-14(13)6-11)7-12(8-15)2-4-17/h11-14,16-17H,1-10H2. The highest BCUT2D eigenvalue weighted by Gasteiger charge is 2.54. The van der Waals surface area contributed by atoms with Gasteiger partial charge in [-0.3, -0.25) is 0 Å². The van der Waals surface area contributed by atoms with Gasteiger partial charge in [0.05, 0.1) is 0 Å². The molecule has 0 amide bonds. The van der Waals surface area contributed by atoms with Crippen molar-refractivity contribution >= 4 is 0 Å². The predicted octanol–water partition coefficient (Wildman–Crippen LogP) is 2.58. The van der Waals surface area contributed by atoms with Gasteiger partial charge in [0.2, 0.25) is 0 Å². The van der Waals surface area contributed by atoms with Gasteiger partial charge in [-0.05, 0) is 80.5 Å². The Labute approximate surface area is 104 Å². The van der Waals surface area contributed by atoms with Gasteiger partial charge in [0.1, 0.15) is 0 Å². The molecule has 3 rings (SSSR count). The van der Waals surface area contributed by atoms with Crippen molar-refractivity contribution in [3.63, 3.8) is 0 Å². The minimum absolute atomic E-state index is 0.381. The summed E-state index contributed by atoms with van der Waals surface area (Å²) < 4.78 is 0. The van der Waals surface area contributed by atoms with Gasteiger partial charge in [-0.25, -0.2) is 0 Å². The van der Waals surface area contributed by atoms with Crippen LogP contribution < -0.4 is 0 Å². The van der Waals surface area contributed by atoms with E-state index in [4.69, 9.17) is 10.2 Å². The molecule has 2 nitrogen and oxygen atoms in total. The Morgan fingerprint density at radius 3 is 1.82 bits per heavy atom. The molecule has 0 aromatic heterocycles. The van der Waals surface area contributed by atoms with E-state index in [1.165, 1.54) is 38.5 Å². The molecule has 0 bridgehead atoms. The van der Waals surface area contributed by atoms with Gasteiger partial charge in [-0.15, -0.1) is 0 Å². The van der Waals surface area contributed by atoms with Crippen LogP contribution in [0.3, 0.4) is 0 Å². The van der Waals surface area contributed by atoms with E-state index in [0.717, 1.165) is 36.5 Å². The molecule has 2 N–H and O–H groups in total. The Balaban J connectivity index is 1.50. The highest BCUT2D eigenvalue weighted by Crippen LogP contribution is 2.64. The Morgan fingerprint density at radius 2 is 1.29 bits per heavy atom. The molecule has 0 heterocycles. The van der Waals surface area contributed by atoms with E-state index in [-0.39, 0.29) is 0 Å². The molecule has 0 aromatic rings. The molecule has 2 heteroatoms. The summed E-state index contributed by atoms with van der Waals surface area (Å²) in [6.45, 7) is 0.764. The van der Waals surface area contributed by atoms with Crippen LogP contribution in [0.4, 0.5) is 0 Å². The maximum absolute atomic E-state index is 9.02. The van der Waals surface area contributed by atoms with Crippen molar-refractivity contribution in [3.05, 3.63) is 0 Å². The molecule has 3 fully saturated rings. The van der Waals surface area contributed by atoms with E-state index < -0.39 is 0 Å². The fourth-order valence-corrected chi connectivity index (χ4v) is 5.34. The second kappa shape index (κ2) is 4.55. The molecule has 17 heavy (non-hydrogen) atoms. The zero-order chi connectivity index (χ0) is 11.9. The predicted molar refractivity (Wildman–Crippen MR) is 67.5 cm³/mol. The molecular weight excluding hydrogens is 212 g/mol. The summed E-state index contributed by atoms with van der Waals surface area (Å²) in [4.78, 5) is 0. The first kappa shape index (κ1) is 12.0. The zero-order valence-corrected chi connectivity index (χ0v) is 10.8. The Morgan fingerprint density at radius 1 is 0.765 bits per heavy atom.